The fourth-order valence-corrected chi connectivity index (χ4v) is 1.74. The number of ether oxygens (including phenoxy) is 1. The first-order chi connectivity index (χ1) is 8.65. The van der Waals surface area contributed by atoms with Gasteiger partial charge in [0.15, 0.2) is 0 Å². The summed E-state index contributed by atoms with van der Waals surface area (Å²) in [5.41, 5.74) is 1.42. The molecule has 0 amide bonds. The molecule has 0 atom stereocenters. The summed E-state index contributed by atoms with van der Waals surface area (Å²) in [6.07, 6.45) is 0. The van der Waals surface area contributed by atoms with Crippen LogP contribution in [0.3, 0.4) is 0 Å². The Morgan fingerprint density at radius 2 is 1.78 bits per heavy atom. The number of hydrogen-bond acceptors (Lipinski definition) is 3. The molecule has 5 heteroatoms. The molecule has 2 aromatic rings. The summed E-state index contributed by atoms with van der Waals surface area (Å²) in [6.45, 7) is 0.418. The monoisotopic (exact) mass is 262 g/mol. The van der Waals surface area contributed by atoms with Gasteiger partial charge in [0.1, 0.15) is 12.4 Å². The molecule has 0 fully saturated rings. The lowest BCUT2D eigenvalue weighted by molar-refractivity contribution is 0.306. The van der Waals surface area contributed by atoms with Crippen LogP contribution in [0.2, 0.25) is 5.02 Å². The quantitative estimate of drug-likeness (QED) is 0.823. The van der Waals surface area contributed by atoms with Gasteiger partial charge in [-0.3, -0.25) is 0 Å². The van der Waals surface area contributed by atoms with Crippen molar-refractivity contribution in [1.29, 1.82) is 0 Å². The minimum absolute atomic E-state index is 0.418. The van der Waals surface area contributed by atoms with E-state index in [2.05, 4.69) is 0 Å². The SMILES string of the molecule is OB(O)c1ccc(OCc2cccc(Cl)c2)cc1. The van der Waals surface area contributed by atoms with Crippen molar-refractivity contribution in [2.45, 2.75) is 6.61 Å². The summed E-state index contributed by atoms with van der Waals surface area (Å²) in [5, 5.41) is 18.6. The predicted octanol–water partition coefficient (Wildman–Crippen LogP) is 1.60. The van der Waals surface area contributed by atoms with E-state index < -0.39 is 7.12 Å². The first kappa shape index (κ1) is 13.0. The molecule has 0 unspecified atom stereocenters. The van der Waals surface area contributed by atoms with Crippen LogP contribution in [0.4, 0.5) is 0 Å². The van der Waals surface area contributed by atoms with Gasteiger partial charge in [-0.25, -0.2) is 0 Å². The van der Waals surface area contributed by atoms with Crippen LogP contribution in [0.1, 0.15) is 5.56 Å². The second-order valence-corrected chi connectivity index (χ2v) is 4.30. The maximum Gasteiger partial charge on any atom is 0.488 e. The Kier molecular flexibility index (Phi) is 4.26. The van der Waals surface area contributed by atoms with Gasteiger partial charge < -0.3 is 14.8 Å². The van der Waals surface area contributed by atoms with E-state index in [1.807, 2.05) is 24.3 Å². The van der Waals surface area contributed by atoms with Crippen molar-refractivity contribution in [3.8, 4) is 5.75 Å². The van der Waals surface area contributed by atoms with Gasteiger partial charge in [-0.05, 0) is 35.3 Å². The zero-order chi connectivity index (χ0) is 13.0. The van der Waals surface area contributed by atoms with E-state index in [-0.39, 0.29) is 0 Å². The van der Waals surface area contributed by atoms with Crippen molar-refractivity contribution >= 4 is 24.2 Å². The third-order valence-electron chi connectivity index (χ3n) is 2.47. The molecule has 0 bridgehead atoms. The van der Waals surface area contributed by atoms with Crippen molar-refractivity contribution in [2.75, 3.05) is 0 Å². The normalized spacial score (nSPS) is 10.2. The zero-order valence-corrected chi connectivity index (χ0v) is 10.3. The van der Waals surface area contributed by atoms with Gasteiger partial charge in [-0.1, -0.05) is 35.9 Å². The van der Waals surface area contributed by atoms with E-state index in [9.17, 15) is 0 Å². The van der Waals surface area contributed by atoms with Gasteiger partial charge in [-0.2, -0.15) is 0 Å². The Morgan fingerprint density at radius 1 is 1.06 bits per heavy atom. The standard InChI is InChI=1S/C13H12BClO3/c15-12-3-1-2-10(8-12)9-18-13-6-4-11(5-7-13)14(16)17/h1-8,16-17H,9H2. The van der Waals surface area contributed by atoms with Crippen molar-refractivity contribution in [3.63, 3.8) is 0 Å². The third-order valence-corrected chi connectivity index (χ3v) is 2.71. The Morgan fingerprint density at radius 3 is 2.39 bits per heavy atom. The van der Waals surface area contributed by atoms with Crippen LogP contribution in [-0.2, 0) is 6.61 Å². The number of hydrogen-bond donors (Lipinski definition) is 2. The topological polar surface area (TPSA) is 49.7 Å². The number of halogens is 1. The minimum atomic E-state index is -1.45. The molecule has 2 rings (SSSR count). The van der Waals surface area contributed by atoms with Crippen LogP contribution in [0.5, 0.6) is 5.75 Å². The maximum atomic E-state index is 8.95. The maximum absolute atomic E-state index is 8.95. The van der Waals surface area contributed by atoms with E-state index in [1.165, 1.54) is 0 Å². The fraction of sp³-hybridized carbons (Fsp3) is 0.0769. The molecule has 0 aliphatic carbocycles. The first-order valence-corrected chi connectivity index (χ1v) is 5.86. The summed E-state index contributed by atoms with van der Waals surface area (Å²) in [5.74, 6) is 0.666. The average molecular weight is 263 g/mol. The van der Waals surface area contributed by atoms with Gasteiger partial charge >= 0.3 is 7.12 Å². The Balaban J connectivity index is 1.98. The molecular weight excluding hydrogens is 250 g/mol. The van der Waals surface area contributed by atoms with Crippen LogP contribution in [0.15, 0.2) is 48.5 Å². The largest absolute Gasteiger partial charge is 0.489 e. The first-order valence-electron chi connectivity index (χ1n) is 5.48. The Labute approximate surface area is 111 Å². The molecule has 0 heterocycles. The van der Waals surface area contributed by atoms with Crippen molar-refractivity contribution in [1.82, 2.24) is 0 Å². The van der Waals surface area contributed by atoms with E-state index in [0.717, 1.165) is 5.56 Å². The lowest BCUT2D eigenvalue weighted by atomic mass is 9.80. The summed E-state index contributed by atoms with van der Waals surface area (Å²) < 4.78 is 5.56. The average Bonchev–Trinajstić information content (AvgIpc) is 2.37. The molecule has 3 nitrogen and oxygen atoms in total. The predicted molar refractivity (Wildman–Crippen MR) is 72.1 cm³/mol. The molecule has 0 saturated heterocycles. The minimum Gasteiger partial charge on any atom is -0.489 e. The second-order valence-electron chi connectivity index (χ2n) is 3.86. The molecule has 0 aliphatic rings. The van der Waals surface area contributed by atoms with Crippen molar-refractivity contribution in [2.24, 2.45) is 0 Å². The van der Waals surface area contributed by atoms with Gasteiger partial charge in [0, 0.05) is 5.02 Å². The molecule has 92 valence electrons. The second kappa shape index (κ2) is 5.91. The van der Waals surface area contributed by atoms with Crippen LogP contribution in [-0.4, -0.2) is 17.2 Å². The van der Waals surface area contributed by atoms with Crippen LogP contribution in [0.25, 0.3) is 0 Å². The summed E-state index contributed by atoms with van der Waals surface area (Å²) >= 11 is 5.87. The smallest absolute Gasteiger partial charge is 0.488 e. The van der Waals surface area contributed by atoms with E-state index in [1.54, 1.807) is 24.3 Å². The molecule has 2 aromatic carbocycles. The lowest BCUT2D eigenvalue weighted by Crippen LogP contribution is -2.29. The summed E-state index contributed by atoms with van der Waals surface area (Å²) in [7, 11) is -1.45. The van der Waals surface area contributed by atoms with Gasteiger partial charge in [-0.15, -0.1) is 0 Å². The van der Waals surface area contributed by atoms with Crippen LogP contribution in [0, 0.1) is 0 Å². The summed E-state index contributed by atoms with van der Waals surface area (Å²) in [4.78, 5) is 0. The molecule has 0 saturated carbocycles. The molecule has 18 heavy (non-hydrogen) atoms. The highest BCUT2D eigenvalue weighted by atomic mass is 35.5. The van der Waals surface area contributed by atoms with Gasteiger partial charge in [0.05, 0.1) is 0 Å². The van der Waals surface area contributed by atoms with Crippen molar-refractivity contribution in [3.05, 3.63) is 59.1 Å². The number of benzene rings is 2. The fourth-order valence-electron chi connectivity index (χ4n) is 1.53. The third kappa shape index (κ3) is 3.50. The van der Waals surface area contributed by atoms with Gasteiger partial charge in [0.2, 0.25) is 0 Å². The summed E-state index contributed by atoms with van der Waals surface area (Å²) in [6, 6.07) is 14.1. The Hall–Kier alpha value is -1.49. The van der Waals surface area contributed by atoms with E-state index in [4.69, 9.17) is 26.4 Å². The molecule has 0 aromatic heterocycles. The molecule has 0 radical (unpaired) electrons. The molecule has 2 N–H and O–H groups in total. The van der Waals surface area contributed by atoms with Crippen LogP contribution < -0.4 is 10.2 Å². The molecule has 0 aliphatic heterocycles. The lowest BCUT2D eigenvalue weighted by Gasteiger charge is -2.07. The van der Waals surface area contributed by atoms with E-state index >= 15 is 0 Å². The zero-order valence-electron chi connectivity index (χ0n) is 9.58. The Bertz CT molecular complexity index is 514. The van der Waals surface area contributed by atoms with Crippen molar-refractivity contribution < 1.29 is 14.8 Å². The molecular formula is C13H12BClO3. The highest BCUT2D eigenvalue weighted by molar-refractivity contribution is 6.58. The highest BCUT2D eigenvalue weighted by Crippen LogP contribution is 2.14. The van der Waals surface area contributed by atoms with Gasteiger partial charge in [0.25, 0.3) is 0 Å². The highest BCUT2D eigenvalue weighted by Gasteiger charge is 2.09. The number of rotatable bonds is 4. The van der Waals surface area contributed by atoms with Crippen LogP contribution >= 0.6 is 11.6 Å². The molecule has 0 spiro atoms. The van der Waals surface area contributed by atoms with E-state index in [0.29, 0.717) is 22.8 Å².